The van der Waals surface area contributed by atoms with Gasteiger partial charge in [-0.15, -0.1) is 0 Å². The van der Waals surface area contributed by atoms with Crippen LogP contribution in [0.5, 0.6) is 0 Å². The fourth-order valence-corrected chi connectivity index (χ4v) is 1.92. The highest BCUT2D eigenvalue weighted by atomic mass is 16.3. The SMILES string of the molecule is CCCN(C)CC(C)(CO)CCC. The summed E-state index contributed by atoms with van der Waals surface area (Å²) in [6, 6.07) is 0. The van der Waals surface area contributed by atoms with Gasteiger partial charge in [-0.25, -0.2) is 0 Å². The summed E-state index contributed by atoms with van der Waals surface area (Å²) in [5.41, 5.74) is 0.0959. The van der Waals surface area contributed by atoms with Gasteiger partial charge in [-0.1, -0.05) is 27.2 Å². The Morgan fingerprint density at radius 1 is 1.23 bits per heavy atom. The van der Waals surface area contributed by atoms with Crippen molar-refractivity contribution in [2.45, 2.75) is 40.0 Å². The molecule has 0 saturated heterocycles. The Morgan fingerprint density at radius 2 is 1.85 bits per heavy atom. The van der Waals surface area contributed by atoms with Crippen LogP contribution in [0, 0.1) is 5.41 Å². The van der Waals surface area contributed by atoms with Crippen LogP contribution in [-0.2, 0) is 0 Å². The summed E-state index contributed by atoms with van der Waals surface area (Å²) in [6.07, 6.45) is 3.44. The third-order valence-electron chi connectivity index (χ3n) is 2.49. The van der Waals surface area contributed by atoms with Crippen LogP contribution in [0.4, 0.5) is 0 Å². The van der Waals surface area contributed by atoms with Gasteiger partial charge in [-0.3, -0.25) is 0 Å². The minimum atomic E-state index is 0.0959. The summed E-state index contributed by atoms with van der Waals surface area (Å²) < 4.78 is 0. The van der Waals surface area contributed by atoms with Crippen molar-refractivity contribution >= 4 is 0 Å². The molecule has 0 aliphatic heterocycles. The van der Waals surface area contributed by atoms with Crippen LogP contribution in [0.15, 0.2) is 0 Å². The van der Waals surface area contributed by atoms with E-state index in [-0.39, 0.29) is 5.41 Å². The van der Waals surface area contributed by atoms with Gasteiger partial charge >= 0.3 is 0 Å². The highest BCUT2D eigenvalue weighted by Gasteiger charge is 2.23. The van der Waals surface area contributed by atoms with E-state index in [1.807, 2.05) is 0 Å². The van der Waals surface area contributed by atoms with E-state index in [0.29, 0.717) is 6.61 Å². The summed E-state index contributed by atoms with van der Waals surface area (Å²) in [5.74, 6) is 0. The molecule has 0 aromatic rings. The van der Waals surface area contributed by atoms with Crippen molar-refractivity contribution in [1.82, 2.24) is 4.90 Å². The van der Waals surface area contributed by atoms with E-state index in [0.717, 1.165) is 25.9 Å². The highest BCUT2D eigenvalue weighted by Crippen LogP contribution is 2.23. The van der Waals surface area contributed by atoms with E-state index in [4.69, 9.17) is 0 Å². The van der Waals surface area contributed by atoms with Gasteiger partial charge in [-0.05, 0) is 26.4 Å². The molecule has 0 saturated carbocycles. The molecule has 0 amide bonds. The molecule has 0 rings (SSSR count). The summed E-state index contributed by atoms with van der Waals surface area (Å²) in [4.78, 5) is 2.31. The molecule has 1 unspecified atom stereocenters. The second-order valence-electron chi connectivity index (χ2n) is 4.46. The summed E-state index contributed by atoms with van der Waals surface area (Å²) in [5, 5.41) is 9.31. The summed E-state index contributed by atoms with van der Waals surface area (Å²) >= 11 is 0. The molecule has 13 heavy (non-hydrogen) atoms. The molecule has 2 nitrogen and oxygen atoms in total. The standard InChI is InChI=1S/C11H25NO/c1-5-7-11(3,10-13)9-12(4)8-6-2/h13H,5-10H2,1-4H3. The molecule has 2 heteroatoms. The van der Waals surface area contributed by atoms with Crippen molar-refractivity contribution in [3.63, 3.8) is 0 Å². The van der Waals surface area contributed by atoms with Crippen LogP contribution >= 0.6 is 0 Å². The topological polar surface area (TPSA) is 23.5 Å². The quantitative estimate of drug-likeness (QED) is 0.660. The molecular weight excluding hydrogens is 162 g/mol. The van der Waals surface area contributed by atoms with Gasteiger partial charge in [0.1, 0.15) is 0 Å². The van der Waals surface area contributed by atoms with E-state index in [9.17, 15) is 5.11 Å². The molecule has 0 fully saturated rings. The molecule has 0 aliphatic carbocycles. The average Bonchev–Trinajstić information content (AvgIpc) is 2.05. The van der Waals surface area contributed by atoms with Crippen molar-refractivity contribution < 1.29 is 5.11 Å². The monoisotopic (exact) mass is 187 g/mol. The van der Waals surface area contributed by atoms with Crippen molar-refractivity contribution in [2.24, 2.45) is 5.41 Å². The van der Waals surface area contributed by atoms with Crippen molar-refractivity contribution in [3.05, 3.63) is 0 Å². The van der Waals surface area contributed by atoms with E-state index in [1.165, 1.54) is 6.42 Å². The first-order valence-corrected chi connectivity index (χ1v) is 5.37. The maximum atomic E-state index is 9.31. The van der Waals surface area contributed by atoms with E-state index >= 15 is 0 Å². The minimum Gasteiger partial charge on any atom is -0.396 e. The number of rotatable bonds is 7. The molecule has 1 N–H and O–H groups in total. The second-order valence-corrected chi connectivity index (χ2v) is 4.46. The molecule has 80 valence electrons. The number of aliphatic hydroxyl groups is 1. The minimum absolute atomic E-state index is 0.0959. The van der Waals surface area contributed by atoms with Crippen molar-refractivity contribution in [1.29, 1.82) is 0 Å². The third kappa shape index (κ3) is 5.27. The van der Waals surface area contributed by atoms with Crippen LogP contribution < -0.4 is 0 Å². The second kappa shape index (κ2) is 6.39. The Bertz CT molecular complexity index is 127. The van der Waals surface area contributed by atoms with E-state index in [2.05, 4.69) is 32.7 Å². The fraction of sp³-hybridized carbons (Fsp3) is 1.00. The Labute approximate surface area is 82.9 Å². The lowest BCUT2D eigenvalue weighted by Gasteiger charge is -2.31. The maximum absolute atomic E-state index is 9.31. The Kier molecular flexibility index (Phi) is 6.35. The van der Waals surface area contributed by atoms with Gasteiger partial charge in [0.15, 0.2) is 0 Å². The van der Waals surface area contributed by atoms with Gasteiger partial charge in [0, 0.05) is 18.6 Å². The van der Waals surface area contributed by atoms with Crippen molar-refractivity contribution in [2.75, 3.05) is 26.7 Å². The van der Waals surface area contributed by atoms with Gasteiger partial charge in [0.2, 0.25) is 0 Å². The lowest BCUT2D eigenvalue weighted by molar-refractivity contribution is 0.0905. The largest absolute Gasteiger partial charge is 0.396 e. The number of hydrogen-bond donors (Lipinski definition) is 1. The molecule has 0 radical (unpaired) electrons. The highest BCUT2D eigenvalue weighted by molar-refractivity contribution is 4.76. The zero-order valence-corrected chi connectivity index (χ0v) is 9.64. The first-order valence-electron chi connectivity index (χ1n) is 5.37. The van der Waals surface area contributed by atoms with E-state index < -0.39 is 0 Å². The smallest absolute Gasteiger partial charge is 0.0497 e. The van der Waals surface area contributed by atoms with Crippen LogP contribution in [0.2, 0.25) is 0 Å². The van der Waals surface area contributed by atoms with Crippen LogP contribution in [0.25, 0.3) is 0 Å². The fourth-order valence-electron chi connectivity index (χ4n) is 1.92. The molecular formula is C11H25NO. The van der Waals surface area contributed by atoms with Crippen LogP contribution in [0.3, 0.4) is 0 Å². The summed E-state index contributed by atoms with van der Waals surface area (Å²) in [6.45, 7) is 8.96. The number of aliphatic hydroxyl groups excluding tert-OH is 1. The normalized spacial score (nSPS) is 16.2. The average molecular weight is 187 g/mol. The van der Waals surface area contributed by atoms with E-state index in [1.54, 1.807) is 0 Å². The van der Waals surface area contributed by atoms with Crippen LogP contribution in [-0.4, -0.2) is 36.8 Å². The lowest BCUT2D eigenvalue weighted by Crippen LogP contribution is -2.36. The molecule has 0 bridgehead atoms. The van der Waals surface area contributed by atoms with Gasteiger partial charge in [0.25, 0.3) is 0 Å². The molecule has 0 aliphatic rings. The Morgan fingerprint density at radius 3 is 2.23 bits per heavy atom. The number of hydrogen-bond acceptors (Lipinski definition) is 2. The molecule has 0 aromatic heterocycles. The molecule has 0 aromatic carbocycles. The Hall–Kier alpha value is -0.0800. The zero-order valence-electron chi connectivity index (χ0n) is 9.64. The maximum Gasteiger partial charge on any atom is 0.0497 e. The molecule has 0 spiro atoms. The predicted octanol–water partition coefficient (Wildman–Crippen LogP) is 2.13. The first kappa shape index (κ1) is 12.9. The molecule has 0 heterocycles. The Balaban J connectivity index is 3.93. The third-order valence-corrected chi connectivity index (χ3v) is 2.49. The zero-order chi connectivity index (χ0) is 10.3. The lowest BCUT2D eigenvalue weighted by atomic mass is 9.86. The summed E-state index contributed by atoms with van der Waals surface area (Å²) in [7, 11) is 2.13. The van der Waals surface area contributed by atoms with Gasteiger partial charge in [0.05, 0.1) is 0 Å². The van der Waals surface area contributed by atoms with Gasteiger partial charge < -0.3 is 10.0 Å². The number of nitrogens with zero attached hydrogens (tertiary/aromatic N) is 1. The van der Waals surface area contributed by atoms with Gasteiger partial charge in [-0.2, -0.15) is 0 Å². The van der Waals surface area contributed by atoms with Crippen molar-refractivity contribution in [3.8, 4) is 0 Å². The first-order chi connectivity index (χ1) is 6.08. The van der Waals surface area contributed by atoms with Crippen LogP contribution in [0.1, 0.15) is 40.0 Å². The predicted molar refractivity (Wildman–Crippen MR) is 57.9 cm³/mol. The molecule has 1 atom stereocenters.